The van der Waals surface area contributed by atoms with Crippen LogP contribution in [-0.2, 0) is 0 Å². The molecular weight excluding hydrogens is 148 g/mol. The topological polar surface area (TPSA) is 20.2 Å². The van der Waals surface area contributed by atoms with Gasteiger partial charge in [0.2, 0.25) is 0 Å². The van der Waals surface area contributed by atoms with E-state index in [4.69, 9.17) is 0 Å². The van der Waals surface area contributed by atoms with Crippen molar-refractivity contribution in [3.63, 3.8) is 0 Å². The average molecular weight is 166 g/mol. The smallest absolute Gasteiger partial charge is 0.0574 e. The van der Waals surface area contributed by atoms with Gasteiger partial charge in [0.25, 0.3) is 0 Å². The minimum absolute atomic E-state index is 0.0479. The number of aliphatic hydroxyl groups is 1. The molecule has 3 aliphatic carbocycles. The molecule has 0 aromatic heterocycles. The highest BCUT2D eigenvalue weighted by Gasteiger charge is 2.63. The van der Waals surface area contributed by atoms with E-state index < -0.39 is 0 Å². The van der Waals surface area contributed by atoms with Gasteiger partial charge >= 0.3 is 0 Å². The largest absolute Gasteiger partial charge is 0.393 e. The average Bonchev–Trinajstić information content (AvgIpc) is 2.43. The normalized spacial score (nSPS) is 59.8. The lowest BCUT2D eigenvalue weighted by Gasteiger charge is -2.25. The summed E-state index contributed by atoms with van der Waals surface area (Å²) in [6.07, 6.45) is 3.88. The van der Waals surface area contributed by atoms with Crippen molar-refractivity contribution in [1.82, 2.24) is 0 Å². The molecular formula is C11H18O. The monoisotopic (exact) mass is 166 g/mol. The number of rotatable bonds is 0. The molecule has 0 amide bonds. The zero-order valence-corrected chi connectivity index (χ0v) is 7.96. The van der Waals surface area contributed by atoms with Gasteiger partial charge in [-0.3, -0.25) is 0 Å². The zero-order chi connectivity index (χ0) is 8.51. The first-order valence-corrected chi connectivity index (χ1v) is 5.29. The predicted molar refractivity (Wildman–Crippen MR) is 47.6 cm³/mol. The first kappa shape index (κ1) is 7.37. The van der Waals surface area contributed by atoms with Crippen molar-refractivity contribution in [1.29, 1.82) is 0 Å². The van der Waals surface area contributed by atoms with Gasteiger partial charge in [0.1, 0.15) is 0 Å². The summed E-state index contributed by atoms with van der Waals surface area (Å²) in [5.74, 6) is 3.33. The maximum atomic E-state index is 9.83. The number of hydrogen-bond acceptors (Lipinski definition) is 1. The minimum atomic E-state index is 0.0479. The first-order chi connectivity index (χ1) is 5.60. The van der Waals surface area contributed by atoms with Crippen LogP contribution in [0.4, 0.5) is 0 Å². The highest BCUT2D eigenvalue weighted by molar-refractivity contribution is 5.12. The van der Waals surface area contributed by atoms with Crippen LogP contribution < -0.4 is 0 Å². The molecule has 2 bridgehead atoms. The summed E-state index contributed by atoms with van der Waals surface area (Å²) in [4.78, 5) is 0. The van der Waals surface area contributed by atoms with Crippen molar-refractivity contribution in [2.24, 2.45) is 29.1 Å². The quantitative estimate of drug-likeness (QED) is 0.584. The third-order valence-electron chi connectivity index (χ3n) is 5.06. The predicted octanol–water partition coefficient (Wildman–Crippen LogP) is 2.05. The summed E-state index contributed by atoms with van der Waals surface area (Å²) in [6.45, 7) is 4.83. The molecule has 12 heavy (non-hydrogen) atoms. The lowest BCUT2D eigenvalue weighted by atomic mass is 9.80. The van der Waals surface area contributed by atoms with Gasteiger partial charge in [0.15, 0.2) is 0 Å². The van der Waals surface area contributed by atoms with Crippen LogP contribution in [0.2, 0.25) is 0 Å². The van der Waals surface area contributed by atoms with E-state index in [9.17, 15) is 5.11 Å². The minimum Gasteiger partial charge on any atom is -0.393 e. The molecule has 0 radical (unpaired) electrons. The molecule has 1 N–H and O–H groups in total. The lowest BCUT2D eigenvalue weighted by molar-refractivity contribution is 0.117. The van der Waals surface area contributed by atoms with Gasteiger partial charge in [-0.1, -0.05) is 13.8 Å². The summed E-state index contributed by atoms with van der Waals surface area (Å²) >= 11 is 0. The Morgan fingerprint density at radius 1 is 1.17 bits per heavy atom. The Kier molecular flexibility index (Phi) is 1.16. The molecule has 68 valence electrons. The van der Waals surface area contributed by atoms with Gasteiger partial charge in [-0.2, -0.15) is 0 Å². The molecule has 3 saturated carbocycles. The second kappa shape index (κ2) is 1.89. The van der Waals surface area contributed by atoms with Gasteiger partial charge in [-0.15, -0.1) is 0 Å². The molecule has 5 unspecified atom stereocenters. The van der Waals surface area contributed by atoms with Crippen LogP contribution in [0.5, 0.6) is 0 Å². The van der Waals surface area contributed by atoms with Gasteiger partial charge in [0.05, 0.1) is 6.10 Å². The van der Waals surface area contributed by atoms with Crippen molar-refractivity contribution in [3.8, 4) is 0 Å². The van der Waals surface area contributed by atoms with Crippen LogP contribution >= 0.6 is 0 Å². The van der Waals surface area contributed by atoms with Gasteiger partial charge in [0, 0.05) is 0 Å². The molecule has 1 nitrogen and oxygen atoms in total. The van der Waals surface area contributed by atoms with E-state index >= 15 is 0 Å². The molecule has 3 rings (SSSR count). The maximum absolute atomic E-state index is 9.83. The standard InChI is InChI=1S/C11H18O/c1-11(2)7-3-6-4-9(12)8(5-7)10(6)11/h6-10,12H,3-5H2,1-2H3. The molecule has 0 aromatic rings. The molecule has 1 heteroatoms. The van der Waals surface area contributed by atoms with Crippen LogP contribution in [0.25, 0.3) is 0 Å². The maximum Gasteiger partial charge on any atom is 0.0574 e. The van der Waals surface area contributed by atoms with E-state index in [2.05, 4.69) is 13.8 Å². The summed E-state index contributed by atoms with van der Waals surface area (Å²) in [6, 6.07) is 0. The Bertz CT molecular complexity index is 221. The van der Waals surface area contributed by atoms with Crippen molar-refractivity contribution in [3.05, 3.63) is 0 Å². The van der Waals surface area contributed by atoms with Crippen LogP contribution in [-0.4, -0.2) is 11.2 Å². The molecule has 0 spiro atoms. The SMILES string of the molecule is CC1(C)C2CC3CC(O)C(C2)C31. The van der Waals surface area contributed by atoms with Crippen LogP contribution in [0.1, 0.15) is 33.1 Å². The van der Waals surface area contributed by atoms with E-state index in [1.807, 2.05) is 0 Å². The zero-order valence-electron chi connectivity index (χ0n) is 7.96. The highest BCUT2D eigenvalue weighted by atomic mass is 16.3. The summed E-state index contributed by atoms with van der Waals surface area (Å²) in [5, 5.41) is 9.83. The van der Waals surface area contributed by atoms with Crippen LogP contribution in [0.3, 0.4) is 0 Å². The summed E-state index contributed by atoms with van der Waals surface area (Å²) in [7, 11) is 0. The molecule has 0 saturated heterocycles. The fraction of sp³-hybridized carbons (Fsp3) is 1.00. The Hall–Kier alpha value is -0.0400. The second-order valence-electron chi connectivity index (χ2n) is 5.74. The first-order valence-electron chi connectivity index (χ1n) is 5.29. The van der Waals surface area contributed by atoms with E-state index in [0.717, 1.165) is 24.2 Å². The van der Waals surface area contributed by atoms with Crippen LogP contribution in [0.15, 0.2) is 0 Å². The van der Waals surface area contributed by atoms with Gasteiger partial charge < -0.3 is 5.11 Å². The number of hydrogen-bond donors (Lipinski definition) is 1. The van der Waals surface area contributed by atoms with Gasteiger partial charge in [-0.05, 0) is 48.3 Å². The Morgan fingerprint density at radius 2 is 1.92 bits per heavy atom. The van der Waals surface area contributed by atoms with E-state index in [-0.39, 0.29) is 6.10 Å². The van der Waals surface area contributed by atoms with Crippen molar-refractivity contribution < 1.29 is 5.11 Å². The Balaban J connectivity index is 2.03. The molecule has 0 heterocycles. The molecule has 5 atom stereocenters. The van der Waals surface area contributed by atoms with E-state index in [1.165, 1.54) is 12.8 Å². The summed E-state index contributed by atoms with van der Waals surface area (Å²) < 4.78 is 0. The fourth-order valence-electron chi connectivity index (χ4n) is 4.60. The highest BCUT2D eigenvalue weighted by Crippen LogP contribution is 2.68. The molecule has 3 aliphatic rings. The van der Waals surface area contributed by atoms with E-state index in [0.29, 0.717) is 11.3 Å². The van der Waals surface area contributed by atoms with Crippen molar-refractivity contribution in [2.75, 3.05) is 0 Å². The van der Waals surface area contributed by atoms with Crippen molar-refractivity contribution >= 4 is 0 Å². The third kappa shape index (κ3) is 0.618. The molecule has 0 aliphatic heterocycles. The Morgan fingerprint density at radius 3 is 2.42 bits per heavy atom. The molecule has 0 aromatic carbocycles. The second-order valence-corrected chi connectivity index (χ2v) is 5.74. The molecule has 3 fully saturated rings. The number of aliphatic hydroxyl groups excluding tert-OH is 1. The summed E-state index contributed by atoms with van der Waals surface area (Å²) in [5.41, 5.74) is 0.548. The van der Waals surface area contributed by atoms with Crippen molar-refractivity contribution in [2.45, 2.75) is 39.2 Å². The fourth-order valence-corrected chi connectivity index (χ4v) is 4.60. The Labute approximate surface area is 74.2 Å². The van der Waals surface area contributed by atoms with Crippen LogP contribution in [0, 0.1) is 29.1 Å². The lowest BCUT2D eigenvalue weighted by Crippen LogP contribution is -2.22. The van der Waals surface area contributed by atoms with E-state index in [1.54, 1.807) is 0 Å². The van der Waals surface area contributed by atoms with Gasteiger partial charge in [-0.25, -0.2) is 0 Å². The third-order valence-corrected chi connectivity index (χ3v) is 5.06. The number of fused-ring (bicyclic) bond motifs is 1.